The van der Waals surface area contributed by atoms with Crippen LogP contribution in [0, 0.1) is 0 Å². The maximum atomic E-state index is 11.7. The molecule has 6 heteroatoms. The lowest BCUT2D eigenvalue weighted by atomic mass is 10.2. The summed E-state index contributed by atoms with van der Waals surface area (Å²) >= 11 is 1.69. The van der Waals surface area contributed by atoms with E-state index >= 15 is 0 Å². The van der Waals surface area contributed by atoms with Gasteiger partial charge in [0.15, 0.2) is 0 Å². The van der Waals surface area contributed by atoms with Crippen molar-refractivity contribution in [2.45, 2.75) is 24.8 Å². The number of likely N-dealkylation sites (tertiary alicyclic amines) is 1. The lowest BCUT2D eigenvalue weighted by Crippen LogP contribution is -2.36. The van der Waals surface area contributed by atoms with Gasteiger partial charge in [0.1, 0.15) is 11.5 Å². The molecule has 1 N–H and O–H groups in total. The predicted octanol–water partition coefficient (Wildman–Crippen LogP) is 0.990. The summed E-state index contributed by atoms with van der Waals surface area (Å²) in [7, 11) is 1.51. The minimum atomic E-state index is -0.420. The molecule has 2 heterocycles. The number of furan rings is 1. The number of nitrogens with zero attached hydrogens (tertiary/aromatic N) is 1. The zero-order valence-corrected chi connectivity index (χ0v) is 11.3. The average Bonchev–Trinajstić information content (AvgIpc) is 2.88. The van der Waals surface area contributed by atoms with E-state index in [0.29, 0.717) is 6.54 Å². The molecule has 0 bridgehead atoms. The number of likely N-dealkylation sites (N-methyl/N-ethyl adjacent to an activating group) is 1. The zero-order chi connectivity index (χ0) is 13.1. The molecule has 2 rings (SSSR count). The molecule has 0 aliphatic carbocycles. The topological polar surface area (TPSA) is 62.6 Å². The number of amides is 2. The van der Waals surface area contributed by atoms with Crippen LogP contribution in [-0.4, -0.2) is 36.1 Å². The van der Waals surface area contributed by atoms with Crippen molar-refractivity contribution in [3.63, 3.8) is 0 Å². The second-order valence-corrected chi connectivity index (χ2v) is 5.10. The molecule has 5 nitrogen and oxygen atoms in total. The van der Waals surface area contributed by atoms with Gasteiger partial charge in [-0.3, -0.25) is 19.8 Å². The highest BCUT2D eigenvalue weighted by atomic mass is 32.2. The number of nitrogens with one attached hydrogen (secondary N) is 1. The summed E-state index contributed by atoms with van der Waals surface area (Å²) in [6, 6.07) is 3.40. The van der Waals surface area contributed by atoms with E-state index in [1.807, 2.05) is 18.4 Å². The van der Waals surface area contributed by atoms with E-state index in [1.165, 1.54) is 11.9 Å². The van der Waals surface area contributed by atoms with E-state index in [2.05, 4.69) is 5.32 Å². The van der Waals surface area contributed by atoms with Gasteiger partial charge < -0.3 is 4.42 Å². The average molecular weight is 268 g/mol. The molecule has 2 amide bonds. The number of hydrogen-bond acceptors (Lipinski definition) is 5. The van der Waals surface area contributed by atoms with Crippen molar-refractivity contribution in [3.05, 3.63) is 23.7 Å². The van der Waals surface area contributed by atoms with Crippen molar-refractivity contribution in [2.24, 2.45) is 0 Å². The predicted molar refractivity (Wildman–Crippen MR) is 68.9 cm³/mol. The Bertz CT molecular complexity index is 458. The molecule has 18 heavy (non-hydrogen) atoms. The Kier molecular flexibility index (Phi) is 4.08. The van der Waals surface area contributed by atoms with Crippen LogP contribution in [0.3, 0.4) is 0 Å². The lowest BCUT2D eigenvalue weighted by molar-refractivity contribution is -0.137. The number of imide groups is 1. The molecule has 0 aromatic carbocycles. The van der Waals surface area contributed by atoms with Gasteiger partial charge in [0.2, 0.25) is 11.8 Å². The lowest BCUT2D eigenvalue weighted by Gasteiger charge is -2.09. The van der Waals surface area contributed by atoms with Crippen LogP contribution in [0.2, 0.25) is 0 Å². The van der Waals surface area contributed by atoms with E-state index < -0.39 is 6.04 Å². The number of carbonyl (C=O) groups is 2. The van der Waals surface area contributed by atoms with Crippen LogP contribution in [0.4, 0.5) is 0 Å². The summed E-state index contributed by atoms with van der Waals surface area (Å²) in [5.41, 5.74) is 0. The Morgan fingerprint density at radius 1 is 1.44 bits per heavy atom. The fraction of sp³-hybridized carbons (Fsp3) is 0.500. The van der Waals surface area contributed by atoms with Gasteiger partial charge in [0.05, 0.1) is 24.8 Å². The number of rotatable bonds is 5. The Balaban J connectivity index is 1.88. The molecule has 1 aliphatic rings. The van der Waals surface area contributed by atoms with E-state index in [0.717, 1.165) is 17.3 Å². The van der Waals surface area contributed by atoms with Gasteiger partial charge in [-0.15, -0.1) is 0 Å². The molecule has 1 aliphatic heterocycles. The summed E-state index contributed by atoms with van der Waals surface area (Å²) in [6.45, 7) is 0.464. The van der Waals surface area contributed by atoms with Gasteiger partial charge in [-0.2, -0.15) is 11.8 Å². The molecule has 1 saturated heterocycles. The van der Waals surface area contributed by atoms with Crippen molar-refractivity contribution in [1.29, 1.82) is 0 Å². The number of hydrogen-bond donors (Lipinski definition) is 1. The molecular formula is C12H16N2O3S. The molecule has 0 spiro atoms. The summed E-state index contributed by atoms with van der Waals surface area (Å²) in [5, 5.41) is 3.05. The highest BCUT2D eigenvalue weighted by molar-refractivity contribution is 7.97. The largest absolute Gasteiger partial charge is 0.464 e. The standard InChI is InChI=1S/C12H16N2O3S/c1-14-11(15)5-10(12(14)16)13-6-8-3-4-9(17-8)7-18-2/h3-4,10,13H,5-7H2,1-2H3. The number of thioether (sulfide) groups is 1. The Hall–Kier alpha value is -1.27. The third-order valence-corrected chi connectivity index (χ3v) is 3.48. The first kappa shape index (κ1) is 13.2. The fourth-order valence-corrected chi connectivity index (χ4v) is 2.32. The molecule has 1 fully saturated rings. The van der Waals surface area contributed by atoms with Gasteiger partial charge in [-0.05, 0) is 18.4 Å². The van der Waals surface area contributed by atoms with Crippen LogP contribution in [0.1, 0.15) is 17.9 Å². The van der Waals surface area contributed by atoms with E-state index in [1.54, 1.807) is 11.8 Å². The Morgan fingerprint density at radius 2 is 2.17 bits per heavy atom. The molecular weight excluding hydrogens is 252 g/mol. The molecule has 1 aromatic rings. The molecule has 0 saturated carbocycles. The highest BCUT2D eigenvalue weighted by Crippen LogP contribution is 2.15. The van der Waals surface area contributed by atoms with Crippen molar-refractivity contribution < 1.29 is 14.0 Å². The first-order chi connectivity index (χ1) is 8.61. The van der Waals surface area contributed by atoms with E-state index in [4.69, 9.17) is 4.42 Å². The number of carbonyl (C=O) groups excluding carboxylic acids is 2. The van der Waals surface area contributed by atoms with Crippen LogP contribution in [0.15, 0.2) is 16.5 Å². The summed E-state index contributed by atoms with van der Waals surface area (Å²) in [4.78, 5) is 24.2. The normalized spacial score (nSPS) is 19.9. The summed E-state index contributed by atoms with van der Waals surface area (Å²) in [5.74, 6) is 2.24. The van der Waals surface area contributed by atoms with Crippen molar-refractivity contribution >= 4 is 23.6 Å². The zero-order valence-electron chi connectivity index (χ0n) is 10.4. The third kappa shape index (κ3) is 2.76. The quantitative estimate of drug-likeness (QED) is 0.807. The SMILES string of the molecule is CSCc1ccc(CNC2CC(=O)N(C)C2=O)o1. The van der Waals surface area contributed by atoms with E-state index in [-0.39, 0.29) is 18.2 Å². The Morgan fingerprint density at radius 3 is 2.78 bits per heavy atom. The summed E-state index contributed by atoms with van der Waals surface area (Å²) in [6.07, 6.45) is 2.24. The second-order valence-electron chi connectivity index (χ2n) is 4.23. The Labute approximate surface area is 110 Å². The van der Waals surface area contributed by atoms with Crippen LogP contribution in [0.25, 0.3) is 0 Å². The minimum absolute atomic E-state index is 0.139. The van der Waals surface area contributed by atoms with Gasteiger partial charge in [0.25, 0.3) is 0 Å². The monoisotopic (exact) mass is 268 g/mol. The highest BCUT2D eigenvalue weighted by Gasteiger charge is 2.35. The maximum absolute atomic E-state index is 11.7. The molecule has 1 atom stereocenters. The second kappa shape index (κ2) is 5.58. The van der Waals surface area contributed by atoms with E-state index in [9.17, 15) is 9.59 Å². The molecule has 98 valence electrons. The third-order valence-electron chi connectivity index (χ3n) is 2.91. The first-order valence-electron chi connectivity index (χ1n) is 5.72. The van der Waals surface area contributed by atoms with Crippen molar-refractivity contribution in [1.82, 2.24) is 10.2 Å². The first-order valence-corrected chi connectivity index (χ1v) is 7.11. The van der Waals surface area contributed by atoms with Gasteiger partial charge >= 0.3 is 0 Å². The van der Waals surface area contributed by atoms with Gasteiger partial charge in [-0.25, -0.2) is 0 Å². The van der Waals surface area contributed by atoms with Crippen LogP contribution < -0.4 is 5.32 Å². The summed E-state index contributed by atoms with van der Waals surface area (Å²) < 4.78 is 5.58. The smallest absolute Gasteiger partial charge is 0.246 e. The molecule has 1 unspecified atom stereocenters. The van der Waals surface area contributed by atoms with Crippen LogP contribution >= 0.6 is 11.8 Å². The fourth-order valence-electron chi connectivity index (χ4n) is 1.88. The maximum Gasteiger partial charge on any atom is 0.246 e. The van der Waals surface area contributed by atoms with Gasteiger partial charge in [0, 0.05) is 7.05 Å². The molecule has 0 radical (unpaired) electrons. The van der Waals surface area contributed by atoms with Crippen molar-refractivity contribution in [3.8, 4) is 0 Å². The molecule has 1 aromatic heterocycles. The van der Waals surface area contributed by atoms with Crippen molar-refractivity contribution in [2.75, 3.05) is 13.3 Å². The van der Waals surface area contributed by atoms with Crippen LogP contribution in [0.5, 0.6) is 0 Å². The van der Waals surface area contributed by atoms with Gasteiger partial charge in [-0.1, -0.05) is 0 Å². The minimum Gasteiger partial charge on any atom is -0.464 e. The van der Waals surface area contributed by atoms with Crippen LogP contribution in [-0.2, 0) is 21.9 Å².